The van der Waals surface area contributed by atoms with Gasteiger partial charge in [0.2, 0.25) is 0 Å². The van der Waals surface area contributed by atoms with Gasteiger partial charge in [-0.15, -0.1) is 6.58 Å². The molecule has 22 heavy (non-hydrogen) atoms. The third-order valence-electron chi connectivity index (χ3n) is 3.71. The minimum Gasteiger partial charge on any atom is -0.444 e. The van der Waals surface area contributed by atoms with E-state index in [0.717, 1.165) is 11.1 Å². The predicted octanol–water partition coefficient (Wildman–Crippen LogP) is 2.93. The van der Waals surface area contributed by atoms with Gasteiger partial charge in [0.1, 0.15) is 12.7 Å². The average Bonchev–Trinajstić information content (AvgIpc) is 3.09. The summed E-state index contributed by atoms with van der Waals surface area (Å²) >= 11 is 0. The zero-order valence-corrected chi connectivity index (χ0v) is 12.2. The van der Waals surface area contributed by atoms with E-state index in [0.29, 0.717) is 17.8 Å². The molecule has 2 aromatic rings. The van der Waals surface area contributed by atoms with Crippen molar-refractivity contribution < 1.29 is 14.6 Å². The number of ether oxygens (including phenoxy) is 1. The number of carbonyl (C=O) groups is 1. The minimum absolute atomic E-state index is 0.208. The Labute approximate surface area is 128 Å². The maximum atomic E-state index is 12.3. The van der Waals surface area contributed by atoms with Crippen molar-refractivity contribution in [1.82, 2.24) is 4.98 Å². The highest BCUT2D eigenvalue weighted by atomic mass is 16.6. The molecule has 0 spiro atoms. The highest BCUT2D eigenvalue weighted by Gasteiger charge is 2.35. The molecule has 3 rings (SSSR count). The first kappa shape index (κ1) is 14.4. The number of aliphatic hydroxyl groups is 1. The van der Waals surface area contributed by atoms with Crippen molar-refractivity contribution in [3.05, 3.63) is 66.0 Å². The Morgan fingerprint density at radius 2 is 2.23 bits per heavy atom. The highest BCUT2D eigenvalue weighted by Crippen LogP contribution is 2.38. The molecule has 2 heterocycles. The summed E-state index contributed by atoms with van der Waals surface area (Å²) in [6.45, 7) is 4.13. The number of nitrogens with zero attached hydrogens (tertiary/aromatic N) is 1. The SMILES string of the molecule is C=CCc1c[nH]c2c1N(C(=O)OCc1ccccc1)CC2O. The Kier molecular flexibility index (Phi) is 3.98. The first-order chi connectivity index (χ1) is 10.7. The van der Waals surface area contributed by atoms with Crippen molar-refractivity contribution in [1.29, 1.82) is 0 Å². The number of aromatic amines is 1. The highest BCUT2D eigenvalue weighted by molar-refractivity contribution is 5.91. The molecule has 1 amide bonds. The topological polar surface area (TPSA) is 65.6 Å². The zero-order chi connectivity index (χ0) is 15.5. The Balaban J connectivity index is 1.74. The van der Waals surface area contributed by atoms with Gasteiger partial charge in [-0.05, 0) is 17.5 Å². The number of carbonyl (C=O) groups excluding carboxylic acids is 1. The largest absolute Gasteiger partial charge is 0.444 e. The van der Waals surface area contributed by atoms with Gasteiger partial charge in [0.25, 0.3) is 0 Å². The molecule has 0 bridgehead atoms. The van der Waals surface area contributed by atoms with Crippen molar-refractivity contribution >= 4 is 11.8 Å². The summed E-state index contributed by atoms with van der Waals surface area (Å²) in [6, 6.07) is 9.51. The maximum Gasteiger partial charge on any atom is 0.414 e. The molecule has 0 radical (unpaired) electrons. The van der Waals surface area contributed by atoms with E-state index in [1.807, 2.05) is 30.3 Å². The Morgan fingerprint density at radius 1 is 1.45 bits per heavy atom. The number of β-amino-alcohol motifs (C(OH)–C–C–N with tert-alkyl or cyclic N) is 1. The molecule has 5 nitrogen and oxygen atoms in total. The van der Waals surface area contributed by atoms with Crippen LogP contribution in [0.25, 0.3) is 0 Å². The molecular formula is C17H18N2O3. The Hall–Kier alpha value is -2.53. The Morgan fingerprint density at radius 3 is 2.95 bits per heavy atom. The van der Waals surface area contributed by atoms with Gasteiger partial charge < -0.3 is 14.8 Å². The van der Waals surface area contributed by atoms with E-state index >= 15 is 0 Å². The van der Waals surface area contributed by atoms with Crippen LogP contribution >= 0.6 is 0 Å². The molecule has 2 N–H and O–H groups in total. The molecule has 1 aliphatic rings. The van der Waals surface area contributed by atoms with Crippen molar-refractivity contribution in [2.45, 2.75) is 19.1 Å². The van der Waals surface area contributed by atoms with Gasteiger partial charge in [0.05, 0.1) is 17.9 Å². The van der Waals surface area contributed by atoms with Crippen LogP contribution in [0.15, 0.2) is 49.2 Å². The van der Waals surface area contributed by atoms with Crippen molar-refractivity contribution in [2.24, 2.45) is 0 Å². The summed E-state index contributed by atoms with van der Waals surface area (Å²) in [5.74, 6) is 0. The van der Waals surface area contributed by atoms with Crippen molar-refractivity contribution in [3.8, 4) is 0 Å². The van der Waals surface area contributed by atoms with Crippen LogP contribution in [-0.2, 0) is 17.8 Å². The summed E-state index contributed by atoms with van der Waals surface area (Å²) in [7, 11) is 0. The number of rotatable bonds is 4. The average molecular weight is 298 g/mol. The summed E-state index contributed by atoms with van der Waals surface area (Å²) in [5.41, 5.74) is 3.23. The monoisotopic (exact) mass is 298 g/mol. The van der Waals surface area contributed by atoms with Crippen LogP contribution in [0, 0.1) is 0 Å². The lowest BCUT2D eigenvalue weighted by atomic mass is 10.2. The normalized spacial score (nSPS) is 16.4. The van der Waals surface area contributed by atoms with Crippen LogP contribution in [0.5, 0.6) is 0 Å². The first-order valence-electron chi connectivity index (χ1n) is 7.18. The van der Waals surface area contributed by atoms with Gasteiger partial charge in [-0.3, -0.25) is 4.90 Å². The standard InChI is InChI=1S/C17H18N2O3/c1-2-6-13-9-18-15-14(20)10-19(16(13)15)17(21)22-11-12-7-4-3-5-8-12/h2-5,7-9,14,18,20H,1,6,10-11H2. The molecule has 0 aliphatic carbocycles. The molecule has 1 unspecified atom stereocenters. The lowest BCUT2D eigenvalue weighted by Gasteiger charge is -2.18. The predicted molar refractivity (Wildman–Crippen MR) is 83.6 cm³/mol. The summed E-state index contributed by atoms with van der Waals surface area (Å²) in [6.07, 6.45) is 3.03. The number of allylic oxidation sites excluding steroid dienone is 1. The number of amides is 1. The van der Waals surface area contributed by atoms with E-state index in [-0.39, 0.29) is 13.2 Å². The van der Waals surface area contributed by atoms with E-state index in [1.54, 1.807) is 12.3 Å². The second-order valence-electron chi connectivity index (χ2n) is 5.24. The Bertz CT molecular complexity index is 678. The molecule has 1 atom stereocenters. The van der Waals surface area contributed by atoms with E-state index in [2.05, 4.69) is 11.6 Å². The van der Waals surface area contributed by atoms with Crippen LogP contribution in [0.2, 0.25) is 0 Å². The quantitative estimate of drug-likeness (QED) is 0.853. The molecule has 0 fully saturated rings. The molecule has 1 aliphatic heterocycles. The number of H-pyrrole nitrogens is 1. The van der Waals surface area contributed by atoms with Crippen LogP contribution in [0.4, 0.5) is 10.5 Å². The van der Waals surface area contributed by atoms with E-state index < -0.39 is 12.2 Å². The van der Waals surface area contributed by atoms with E-state index in [1.165, 1.54) is 4.90 Å². The first-order valence-corrected chi connectivity index (χ1v) is 7.18. The third-order valence-corrected chi connectivity index (χ3v) is 3.71. The lowest BCUT2D eigenvalue weighted by molar-refractivity contribution is 0.141. The van der Waals surface area contributed by atoms with Crippen molar-refractivity contribution in [3.63, 3.8) is 0 Å². The van der Waals surface area contributed by atoms with E-state index in [4.69, 9.17) is 4.74 Å². The lowest BCUT2D eigenvalue weighted by Crippen LogP contribution is -2.31. The third kappa shape index (κ3) is 2.63. The van der Waals surface area contributed by atoms with E-state index in [9.17, 15) is 9.90 Å². The summed E-state index contributed by atoms with van der Waals surface area (Å²) in [4.78, 5) is 16.9. The van der Waals surface area contributed by atoms with Gasteiger partial charge >= 0.3 is 6.09 Å². The van der Waals surface area contributed by atoms with Gasteiger partial charge in [0.15, 0.2) is 0 Å². The van der Waals surface area contributed by atoms with Gasteiger partial charge in [-0.2, -0.15) is 0 Å². The number of aromatic nitrogens is 1. The van der Waals surface area contributed by atoms with Gasteiger partial charge in [0, 0.05) is 6.20 Å². The number of hydrogen-bond acceptors (Lipinski definition) is 3. The second kappa shape index (κ2) is 6.07. The molecular weight excluding hydrogens is 280 g/mol. The van der Waals surface area contributed by atoms with Crippen LogP contribution in [-0.4, -0.2) is 22.7 Å². The van der Waals surface area contributed by atoms with Gasteiger partial charge in [-0.25, -0.2) is 4.79 Å². The number of fused-ring (bicyclic) bond motifs is 1. The van der Waals surface area contributed by atoms with Crippen LogP contribution in [0.1, 0.15) is 22.9 Å². The fourth-order valence-electron chi connectivity index (χ4n) is 2.68. The van der Waals surface area contributed by atoms with Crippen LogP contribution < -0.4 is 4.90 Å². The number of aliphatic hydroxyl groups excluding tert-OH is 1. The summed E-state index contributed by atoms with van der Waals surface area (Å²) in [5, 5.41) is 10.1. The summed E-state index contributed by atoms with van der Waals surface area (Å²) < 4.78 is 5.36. The molecule has 0 saturated heterocycles. The number of hydrogen-bond donors (Lipinski definition) is 2. The van der Waals surface area contributed by atoms with Gasteiger partial charge in [-0.1, -0.05) is 36.4 Å². The molecule has 1 aromatic carbocycles. The smallest absolute Gasteiger partial charge is 0.414 e. The van der Waals surface area contributed by atoms with Crippen LogP contribution in [0.3, 0.4) is 0 Å². The van der Waals surface area contributed by atoms with Crippen molar-refractivity contribution in [2.75, 3.05) is 11.4 Å². The second-order valence-corrected chi connectivity index (χ2v) is 5.24. The number of benzene rings is 1. The minimum atomic E-state index is -0.710. The molecule has 1 aromatic heterocycles. The fraction of sp³-hybridized carbons (Fsp3) is 0.235. The fourth-order valence-corrected chi connectivity index (χ4v) is 2.68. The molecule has 0 saturated carbocycles. The zero-order valence-electron chi connectivity index (χ0n) is 12.2. The molecule has 5 heteroatoms. The molecule has 114 valence electrons. The number of nitrogens with one attached hydrogen (secondary N) is 1. The maximum absolute atomic E-state index is 12.3. The number of anilines is 1.